The molecule has 1 aromatic carbocycles. The third-order valence-corrected chi connectivity index (χ3v) is 7.55. The molecule has 0 aliphatic carbocycles. The lowest BCUT2D eigenvalue weighted by Gasteiger charge is -2.33. The van der Waals surface area contributed by atoms with Crippen LogP contribution in [0.3, 0.4) is 0 Å². The Morgan fingerprint density at radius 2 is 1.94 bits per heavy atom. The standard InChI is InChI=1S/C22H25F3N4O3S/c1-21(6-9-27-10-7-21)13-32-17-5-8-28-20-19(17)15(12-29-20)14-3-4-18(33(30,31)26-2)16(11-14)22(23,24)25/h3-5,8,11-12,26-27H,6-7,9-10,13H2,1-2H3,(H,28,29). The Balaban J connectivity index is 1.77. The Bertz CT molecular complexity index is 1270. The molecule has 4 rings (SSSR count). The largest absolute Gasteiger partial charge is 0.492 e. The van der Waals surface area contributed by atoms with Crippen molar-refractivity contribution in [2.24, 2.45) is 5.41 Å². The van der Waals surface area contributed by atoms with Crippen molar-refractivity contribution in [1.29, 1.82) is 0 Å². The van der Waals surface area contributed by atoms with E-state index >= 15 is 0 Å². The summed E-state index contributed by atoms with van der Waals surface area (Å²) in [6.07, 6.45) is 0.183. The number of fused-ring (bicyclic) bond motifs is 1. The first-order valence-corrected chi connectivity index (χ1v) is 12.0. The average molecular weight is 483 g/mol. The van der Waals surface area contributed by atoms with Gasteiger partial charge in [0.1, 0.15) is 11.4 Å². The highest BCUT2D eigenvalue weighted by Crippen LogP contribution is 2.40. The Labute approximate surface area is 189 Å². The molecule has 0 spiro atoms. The number of benzene rings is 1. The van der Waals surface area contributed by atoms with E-state index in [0.717, 1.165) is 45.1 Å². The summed E-state index contributed by atoms with van der Waals surface area (Å²) in [5.41, 5.74) is -0.128. The molecule has 7 nitrogen and oxygen atoms in total. The van der Waals surface area contributed by atoms with Gasteiger partial charge in [-0.3, -0.25) is 0 Å². The van der Waals surface area contributed by atoms with Crippen LogP contribution in [0.15, 0.2) is 41.6 Å². The van der Waals surface area contributed by atoms with Crippen molar-refractivity contribution < 1.29 is 26.3 Å². The van der Waals surface area contributed by atoms with Crippen LogP contribution in [-0.4, -0.2) is 45.1 Å². The number of ether oxygens (including phenoxy) is 1. The predicted molar refractivity (Wildman–Crippen MR) is 118 cm³/mol. The van der Waals surface area contributed by atoms with E-state index in [1.807, 2.05) is 4.72 Å². The van der Waals surface area contributed by atoms with Crippen LogP contribution in [0.1, 0.15) is 25.3 Å². The summed E-state index contributed by atoms with van der Waals surface area (Å²) in [6.45, 7) is 4.43. The Morgan fingerprint density at radius 3 is 2.61 bits per heavy atom. The SMILES string of the molecule is CNS(=O)(=O)c1ccc(-c2c[nH]c3nccc(OCC4(C)CCNCC4)c23)cc1C(F)(F)F. The quantitative estimate of drug-likeness (QED) is 0.495. The fraction of sp³-hybridized carbons (Fsp3) is 0.409. The van der Waals surface area contributed by atoms with Crippen molar-refractivity contribution in [1.82, 2.24) is 20.0 Å². The number of aromatic nitrogens is 2. The topological polar surface area (TPSA) is 96.1 Å². The third-order valence-electron chi connectivity index (χ3n) is 6.08. The van der Waals surface area contributed by atoms with Crippen LogP contribution in [0.5, 0.6) is 5.75 Å². The Hall–Kier alpha value is -2.63. The first-order valence-electron chi connectivity index (χ1n) is 10.5. The molecule has 33 heavy (non-hydrogen) atoms. The fourth-order valence-corrected chi connectivity index (χ4v) is 5.00. The van der Waals surface area contributed by atoms with Crippen LogP contribution >= 0.6 is 0 Å². The maximum Gasteiger partial charge on any atom is 0.417 e. The van der Waals surface area contributed by atoms with Crippen LogP contribution in [-0.2, 0) is 16.2 Å². The van der Waals surface area contributed by atoms with E-state index in [-0.39, 0.29) is 11.0 Å². The zero-order valence-corrected chi connectivity index (χ0v) is 19.0. The van der Waals surface area contributed by atoms with Crippen LogP contribution in [0.2, 0.25) is 0 Å². The van der Waals surface area contributed by atoms with Gasteiger partial charge in [-0.15, -0.1) is 0 Å². The van der Waals surface area contributed by atoms with E-state index in [4.69, 9.17) is 4.74 Å². The van der Waals surface area contributed by atoms with E-state index in [1.165, 1.54) is 6.07 Å². The molecule has 0 saturated carbocycles. The summed E-state index contributed by atoms with van der Waals surface area (Å²) in [4.78, 5) is 6.42. The van der Waals surface area contributed by atoms with Gasteiger partial charge < -0.3 is 15.0 Å². The highest BCUT2D eigenvalue weighted by atomic mass is 32.2. The molecule has 3 N–H and O–H groups in total. The molecule has 0 atom stereocenters. The molecule has 178 valence electrons. The number of piperidine rings is 1. The number of aromatic amines is 1. The van der Waals surface area contributed by atoms with Gasteiger partial charge >= 0.3 is 6.18 Å². The number of alkyl halides is 3. The summed E-state index contributed by atoms with van der Waals surface area (Å²) in [5, 5.41) is 3.87. The van der Waals surface area contributed by atoms with Crippen molar-refractivity contribution in [2.45, 2.75) is 30.8 Å². The molecule has 1 fully saturated rings. The smallest absolute Gasteiger partial charge is 0.417 e. The van der Waals surface area contributed by atoms with Gasteiger partial charge in [-0.2, -0.15) is 13.2 Å². The number of halogens is 3. The first-order chi connectivity index (χ1) is 15.5. The molecule has 3 heterocycles. The van der Waals surface area contributed by atoms with Crippen LogP contribution < -0.4 is 14.8 Å². The molecule has 2 aromatic heterocycles. The predicted octanol–water partition coefficient (Wildman–Crippen LogP) is 3.93. The van der Waals surface area contributed by atoms with E-state index < -0.39 is 26.7 Å². The number of hydrogen-bond donors (Lipinski definition) is 3. The number of nitrogens with one attached hydrogen (secondary N) is 3. The summed E-state index contributed by atoms with van der Waals surface area (Å²) in [5.74, 6) is 0.511. The number of rotatable bonds is 6. The summed E-state index contributed by atoms with van der Waals surface area (Å²) in [7, 11) is -3.23. The van der Waals surface area contributed by atoms with E-state index in [9.17, 15) is 21.6 Å². The average Bonchev–Trinajstić information content (AvgIpc) is 3.22. The molecule has 0 unspecified atom stereocenters. The lowest BCUT2D eigenvalue weighted by atomic mass is 9.82. The second-order valence-electron chi connectivity index (χ2n) is 8.50. The monoisotopic (exact) mass is 482 g/mol. The van der Waals surface area contributed by atoms with Crippen molar-refractivity contribution in [3.8, 4) is 16.9 Å². The minimum atomic E-state index is -4.86. The Morgan fingerprint density at radius 1 is 1.21 bits per heavy atom. The summed E-state index contributed by atoms with van der Waals surface area (Å²) < 4.78 is 73.7. The second-order valence-corrected chi connectivity index (χ2v) is 10.4. The maximum absolute atomic E-state index is 13.8. The molecule has 3 aromatic rings. The molecule has 0 amide bonds. The van der Waals surface area contributed by atoms with E-state index in [0.29, 0.717) is 29.0 Å². The van der Waals surface area contributed by atoms with Crippen molar-refractivity contribution in [3.63, 3.8) is 0 Å². The number of nitrogens with zero attached hydrogens (tertiary/aromatic N) is 1. The molecule has 1 aliphatic heterocycles. The number of pyridine rings is 1. The highest BCUT2D eigenvalue weighted by Gasteiger charge is 2.37. The zero-order valence-electron chi connectivity index (χ0n) is 18.2. The molecule has 1 saturated heterocycles. The number of H-pyrrole nitrogens is 1. The van der Waals surface area contributed by atoms with Crippen molar-refractivity contribution >= 4 is 21.1 Å². The van der Waals surface area contributed by atoms with Crippen LogP contribution in [0.25, 0.3) is 22.2 Å². The molecule has 0 bridgehead atoms. The van der Waals surface area contributed by atoms with Gasteiger partial charge in [-0.05, 0) is 56.7 Å². The summed E-state index contributed by atoms with van der Waals surface area (Å²) in [6, 6.07) is 4.86. The third kappa shape index (κ3) is 4.71. The summed E-state index contributed by atoms with van der Waals surface area (Å²) >= 11 is 0. The minimum absolute atomic E-state index is 0.00999. The van der Waals surface area contributed by atoms with Gasteiger partial charge in [0.15, 0.2) is 0 Å². The van der Waals surface area contributed by atoms with E-state index in [1.54, 1.807) is 18.5 Å². The van der Waals surface area contributed by atoms with Crippen molar-refractivity contribution in [2.75, 3.05) is 26.7 Å². The van der Waals surface area contributed by atoms with Gasteiger partial charge in [0.2, 0.25) is 10.0 Å². The highest BCUT2D eigenvalue weighted by molar-refractivity contribution is 7.89. The number of sulfonamides is 1. The molecule has 0 radical (unpaired) electrons. The molecular formula is C22H25F3N4O3S. The van der Waals surface area contributed by atoms with Gasteiger partial charge in [0.25, 0.3) is 0 Å². The van der Waals surface area contributed by atoms with Gasteiger partial charge in [0.05, 0.1) is 22.5 Å². The van der Waals surface area contributed by atoms with Gasteiger partial charge in [0, 0.05) is 23.4 Å². The normalized spacial score (nSPS) is 16.8. The maximum atomic E-state index is 13.8. The van der Waals surface area contributed by atoms with Crippen LogP contribution in [0.4, 0.5) is 13.2 Å². The second kappa shape index (κ2) is 8.62. The fourth-order valence-electron chi connectivity index (χ4n) is 4.06. The van der Waals surface area contributed by atoms with Crippen molar-refractivity contribution in [3.05, 3.63) is 42.2 Å². The minimum Gasteiger partial charge on any atom is -0.492 e. The Kier molecular flexibility index (Phi) is 6.14. The van der Waals surface area contributed by atoms with Gasteiger partial charge in [-0.1, -0.05) is 13.0 Å². The number of hydrogen-bond acceptors (Lipinski definition) is 5. The van der Waals surface area contributed by atoms with E-state index in [2.05, 4.69) is 22.2 Å². The lowest BCUT2D eigenvalue weighted by molar-refractivity contribution is -0.139. The molecular weight excluding hydrogens is 457 g/mol. The molecule has 1 aliphatic rings. The first kappa shape index (κ1) is 23.5. The lowest BCUT2D eigenvalue weighted by Crippen LogP contribution is -2.38. The zero-order chi connectivity index (χ0) is 23.9. The van der Waals surface area contributed by atoms with Gasteiger partial charge in [-0.25, -0.2) is 18.1 Å². The van der Waals surface area contributed by atoms with Crippen LogP contribution in [0, 0.1) is 5.41 Å². The molecule has 11 heteroatoms.